The van der Waals surface area contributed by atoms with E-state index >= 15 is 0 Å². The van der Waals surface area contributed by atoms with Gasteiger partial charge in [0.1, 0.15) is 24.5 Å². The van der Waals surface area contributed by atoms with Gasteiger partial charge >= 0.3 is 0 Å². The Kier molecular flexibility index (Phi) is 4.87. The van der Waals surface area contributed by atoms with Gasteiger partial charge < -0.3 is 9.84 Å². The first-order valence-corrected chi connectivity index (χ1v) is 9.76. The van der Waals surface area contributed by atoms with E-state index in [9.17, 15) is 5.11 Å². The Labute approximate surface area is 162 Å². The molecule has 0 aliphatic carbocycles. The van der Waals surface area contributed by atoms with Crippen molar-refractivity contribution in [1.29, 1.82) is 0 Å². The van der Waals surface area contributed by atoms with E-state index in [1.807, 2.05) is 6.92 Å². The van der Waals surface area contributed by atoms with Crippen molar-refractivity contribution in [1.82, 2.24) is 14.8 Å². The van der Waals surface area contributed by atoms with E-state index in [4.69, 9.17) is 4.74 Å². The van der Waals surface area contributed by atoms with Crippen molar-refractivity contribution in [3.63, 3.8) is 0 Å². The molecule has 3 rings (SSSR count). The van der Waals surface area contributed by atoms with Crippen LogP contribution in [-0.4, -0.2) is 31.6 Å². The largest absolute Gasteiger partial charge is 0.490 e. The highest BCUT2D eigenvalue weighted by Gasteiger charge is 2.45. The van der Waals surface area contributed by atoms with Gasteiger partial charge in [-0.2, -0.15) is 5.10 Å². The molecule has 0 fully saturated rings. The van der Waals surface area contributed by atoms with E-state index in [1.165, 1.54) is 17.5 Å². The maximum Gasteiger partial charge on any atom is 0.137 e. The molecule has 1 aliphatic heterocycles. The second-order valence-electron chi connectivity index (χ2n) is 10.0. The number of nitrogens with zero attached hydrogens (tertiary/aromatic N) is 3. The molecule has 3 atom stereocenters. The van der Waals surface area contributed by atoms with Crippen LogP contribution >= 0.6 is 0 Å². The maximum absolute atomic E-state index is 11.4. The topological polar surface area (TPSA) is 60.2 Å². The minimum absolute atomic E-state index is 0.0123. The first-order valence-electron chi connectivity index (χ1n) is 9.76. The fraction of sp³-hybridized carbons (Fsp3) is 0.636. The van der Waals surface area contributed by atoms with E-state index in [2.05, 4.69) is 69.8 Å². The summed E-state index contributed by atoms with van der Waals surface area (Å²) in [6.45, 7) is 14.7. The molecule has 3 unspecified atom stereocenters. The summed E-state index contributed by atoms with van der Waals surface area (Å²) in [5, 5.41) is 15.7. The van der Waals surface area contributed by atoms with E-state index in [0.29, 0.717) is 6.42 Å². The summed E-state index contributed by atoms with van der Waals surface area (Å²) >= 11 is 0. The number of ether oxygens (including phenoxy) is 1. The van der Waals surface area contributed by atoms with Crippen LogP contribution in [0.4, 0.5) is 0 Å². The fourth-order valence-electron chi connectivity index (χ4n) is 3.64. The van der Waals surface area contributed by atoms with Crippen LogP contribution in [0, 0.1) is 5.41 Å². The second kappa shape index (κ2) is 6.62. The summed E-state index contributed by atoms with van der Waals surface area (Å²) in [7, 11) is 0. The summed E-state index contributed by atoms with van der Waals surface area (Å²) in [6, 6.07) is 6.28. The average molecular weight is 372 g/mol. The van der Waals surface area contributed by atoms with Crippen LogP contribution in [0.5, 0.6) is 5.75 Å². The number of hydrogen-bond acceptors (Lipinski definition) is 4. The lowest BCUT2D eigenvalue weighted by Gasteiger charge is -2.43. The highest BCUT2D eigenvalue weighted by atomic mass is 16.5. The van der Waals surface area contributed by atoms with Gasteiger partial charge in [-0.3, -0.25) is 0 Å². The first-order chi connectivity index (χ1) is 12.4. The van der Waals surface area contributed by atoms with Crippen LogP contribution in [-0.2, 0) is 11.8 Å². The predicted octanol–water partition coefficient (Wildman–Crippen LogP) is 4.31. The molecule has 1 aromatic heterocycles. The summed E-state index contributed by atoms with van der Waals surface area (Å²) in [4.78, 5) is 4.09. The van der Waals surface area contributed by atoms with Crippen LogP contribution < -0.4 is 4.74 Å². The third-order valence-electron chi connectivity index (χ3n) is 6.08. The summed E-state index contributed by atoms with van der Waals surface area (Å²) in [6.07, 6.45) is 4.74. The Balaban J connectivity index is 1.84. The molecule has 27 heavy (non-hydrogen) atoms. The van der Waals surface area contributed by atoms with E-state index < -0.39 is 5.60 Å². The molecule has 0 saturated heterocycles. The van der Waals surface area contributed by atoms with Gasteiger partial charge in [0.2, 0.25) is 0 Å². The van der Waals surface area contributed by atoms with Gasteiger partial charge in [0.15, 0.2) is 0 Å². The van der Waals surface area contributed by atoms with Crippen LogP contribution in [0.1, 0.15) is 72.1 Å². The normalized spacial score (nSPS) is 20.7. The van der Waals surface area contributed by atoms with Crippen LogP contribution in [0.15, 0.2) is 30.9 Å². The number of benzene rings is 1. The highest BCUT2D eigenvalue weighted by molar-refractivity contribution is 5.42. The molecule has 0 radical (unpaired) electrons. The zero-order chi connectivity index (χ0) is 20.0. The second-order valence-corrected chi connectivity index (χ2v) is 10.0. The minimum atomic E-state index is -0.963. The smallest absolute Gasteiger partial charge is 0.137 e. The van der Waals surface area contributed by atoms with Gasteiger partial charge in [-0.05, 0) is 34.9 Å². The van der Waals surface area contributed by atoms with Gasteiger partial charge in [-0.1, -0.05) is 53.7 Å². The molecule has 1 N–H and O–H groups in total. The SMILES string of the molecule is CC(C)(C)c1ccc2c(c1)CC(CC(n1cncn1)C(C)(O)C(C)(C)C)O2. The van der Waals surface area contributed by atoms with Crippen LogP contribution in [0.25, 0.3) is 0 Å². The number of rotatable bonds is 4. The van der Waals surface area contributed by atoms with Crippen LogP contribution in [0.2, 0.25) is 0 Å². The third-order valence-corrected chi connectivity index (χ3v) is 6.08. The molecule has 0 amide bonds. The van der Waals surface area contributed by atoms with E-state index in [0.717, 1.165) is 12.2 Å². The number of hydrogen-bond donors (Lipinski definition) is 1. The van der Waals surface area contributed by atoms with Crippen molar-refractivity contribution in [3.05, 3.63) is 42.0 Å². The van der Waals surface area contributed by atoms with Crippen LogP contribution in [0.3, 0.4) is 0 Å². The van der Waals surface area contributed by atoms with Gasteiger partial charge in [-0.15, -0.1) is 0 Å². The summed E-state index contributed by atoms with van der Waals surface area (Å²) in [5.74, 6) is 0.959. The molecule has 0 saturated carbocycles. The lowest BCUT2D eigenvalue weighted by atomic mass is 9.71. The lowest BCUT2D eigenvalue weighted by Crippen LogP contribution is -2.49. The Morgan fingerprint density at radius 3 is 2.44 bits per heavy atom. The van der Waals surface area contributed by atoms with Crippen molar-refractivity contribution in [2.45, 2.75) is 84.5 Å². The zero-order valence-corrected chi connectivity index (χ0v) is 17.7. The fourth-order valence-corrected chi connectivity index (χ4v) is 3.64. The Bertz CT molecular complexity index is 783. The molecule has 0 bridgehead atoms. The van der Waals surface area contributed by atoms with Crippen molar-refractivity contribution >= 4 is 0 Å². The lowest BCUT2D eigenvalue weighted by molar-refractivity contribution is -0.0950. The monoisotopic (exact) mass is 371 g/mol. The number of aromatic nitrogens is 3. The number of aliphatic hydroxyl groups is 1. The zero-order valence-electron chi connectivity index (χ0n) is 17.7. The van der Waals surface area contributed by atoms with Gasteiger partial charge in [-0.25, -0.2) is 9.67 Å². The Morgan fingerprint density at radius 2 is 1.89 bits per heavy atom. The molecular formula is C22H33N3O2. The molecule has 2 heterocycles. The standard InChI is InChI=1S/C22H33N3O2/c1-20(2,3)16-8-9-18-15(10-16)11-17(27-18)12-19(25-14-23-13-24-25)22(7,26)21(4,5)6/h8-10,13-14,17,19,26H,11-12H2,1-7H3. The molecule has 1 aromatic carbocycles. The molecular weight excluding hydrogens is 338 g/mol. The molecule has 5 nitrogen and oxygen atoms in total. The minimum Gasteiger partial charge on any atom is -0.490 e. The highest BCUT2D eigenvalue weighted by Crippen LogP contribution is 2.43. The molecule has 5 heteroatoms. The summed E-state index contributed by atoms with van der Waals surface area (Å²) in [5.41, 5.74) is 1.41. The Morgan fingerprint density at radius 1 is 1.19 bits per heavy atom. The summed E-state index contributed by atoms with van der Waals surface area (Å²) < 4.78 is 8.01. The molecule has 2 aromatic rings. The predicted molar refractivity (Wildman–Crippen MR) is 107 cm³/mol. The molecule has 1 aliphatic rings. The Hall–Kier alpha value is -1.88. The molecule has 0 spiro atoms. The van der Waals surface area contributed by atoms with E-state index in [-0.39, 0.29) is 23.0 Å². The molecule has 148 valence electrons. The van der Waals surface area contributed by atoms with E-state index in [1.54, 1.807) is 11.0 Å². The van der Waals surface area contributed by atoms with Gasteiger partial charge in [0.05, 0.1) is 11.6 Å². The first kappa shape index (κ1) is 19.9. The van der Waals surface area contributed by atoms with Crippen molar-refractivity contribution in [3.8, 4) is 5.75 Å². The average Bonchev–Trinajstić information content (AvgIpc) is 3.18. The number of fused-ring (bicyclic) bond motifs is 1. The maximum atomic E-state index is 11.4. The third kappa shape index (κ3) is 3.88. The van der Waals surface area contributed by atoms with Crippen molar-refractivity contribution in [2.24, 2.45) is 5.41 Å². The van der Waals surface area contributed by atoms with Crippen molar-refractivity contribution < 1.29 is 9.84 Å². The van der Waals surface area contributed by atoms with Gasteiger partial charge in [0.25, 0.3) is 0 Å². The van der Waals surface area contributed by atoms with Crippen molar-refractivity contribution in [2.75, 3.05) is 0 Å². The quantitative estimate of drug-likeness (QED) is 0.870. The van der Waals surface area contributed by atoms with Gasteiger partial charge in [0, 0.05) is 12.8 Å².